The second-order valence-electron chi connectivity index (χ2n) is 1.77. The van der Waals surface area contributed by atoms with Crippen LogP contribution in [0.15, 0.2) is 0 Å². The number of rotatable bonds is 0. The smallest absolute Gasteiger partial charge is 0.103 e. The number of halogens is 1. The van der Waals surface area contributed by atoms with Gasteiger partial charge in [-0.05, 0) is 25.9 Å². The van der Waals surface area contributed by atoms with Crippen molar-refractivity contribution in [3.05, 3.63) is 0 Å². The van der Waals surface area contributed by atoms with Gasteiger partial charge in [-0.15, -0.1) is 0 Å². The van der Waals surface area contributed by atoms with Gasteiger partial charge in [-0.25, -0.2) is 4.39 Å². The first-order valence-electron chi connectivity index (χ1n) is 3.10. The Hall–Kier alpha value is -0.110. The van der Waals surface area contributed by atoms with E-state index in [2.05, 4.69) is 5.32 Å². The first-order valence-corrected chi connectivity index (χ1v) is 2.60. The molecule has 0 atom stereocenters. The summed E-state index contributed by atoms with van der Waals surface area (Å²) in [5, 5.41) is 2.98. The molecule has 1 nitrogen and oxygen atoms in total. The average molecular weight is 104 g/mol. The summed E-state index contributed by atoms with van der Waals surface area (Å²) in [7, 11) is 0. The highest BCUT2D eigenvalue weighted by Crippen LogP contribution is 2.04. The lowest BCUT2D eigenvalue weighted by molar-refractivity contribution is 0.262. The van der Waals surface area contributed by atoms with Gasteiger partial charge in [0.15, 0.2) is 0 Å². The predicted molar refractivity (Wildman–Crippen MR) is 27.0 cm³/mol. The maximum Gasteiger partial charge on any atom is 0.103 e. The summed E-state index contributed by atoms with van der Waals surface area (Å²) < 4.78 is 19.4. The van der Waals surface area contributed by atoms with E-state index in [0.29, 0.717) is 25.9 Å². The second kappa shape index (κ2) is 2.26. The Morgan fingerprint density at radius 3 is 2.43 bits per heavy atom. The van der Waals surface area contributed by atoms with Crippen molar-refractivity contribution in [3.8, 4) is 0 Å². The van der Waals surface area contributed by atoms with Crippen LogP contribution >= 0.6 is 0 Å². The zero-order valence-electron chi connectivity index (χ0n) is 5.21. The molecule has 1 heterocycles. The first kappa shape index (κ1) is 3.84. The summed E-state index contributed by atoms with van der Waals surface area (Å²) >= 11 is 0. The Bertz CT molecular complexity index is 76.5. The van der Waals surface area contributed by atoms with Crippen molar-refractivity contribution in [2.45, 2.75) is 19.0 Å². The molecule has 1 N–H and O–H groups in total. The van der Waals surface area contributed by atoms with E-state index in [1.807, 2.05) is 0 Å². The Morgan fingerprint density at radius 2 is 2.14 bits per heavy atom. The number of alkyl halides is 1. The van der Waals surface area contributed by atoms with Crippen LogP contribution < -0.4 is 5.32 Å². The standard InChI is InChI=1S/C5H10FN/c6-5-1-3-7-4-2-5/h5,7H,1-4H2/i5D. The largest absolute Gasteiger partial charge is 0.317 e. The van der Waals surface area contributed by atoms with Crippen LogP contribution in [-0.4, -0.2) is 19.2 Å². The van der Waals surface area contributed by atoms with Gasteiger partial charge in [0.25, 0.3) is 0 Å². The summed E-state index contributed by atoms with van der Waals surface area (Å²) in [5.41, 5.74) is 0. The lowest BCUT2D eigenvalue weighted by Crippen LogP contribution is -2.28. The fourth-order valence-corrected chi connectivity index (χ4v) is 0.698. The minimum absolute atomic E-state index is 0.340. The molecule has 1 fully saturated rings. The highest BCUT2D eigenvalue weighted by Gasteiger charge is 2.09. The van der Waals surface area contributed by atoms with Gasteiger partial charge >= 0.3 is 0 Å². The fourth-order valence-electron chi connectivity index (χ4n) is 0.698. The normalized spacial score (nSPS) is 31.9. The average Bonchev–Trinajstić information content (AvgIpc) is 1.65. The van der Waals surface area contributed by atoms with E-state index < -0.39 is 6.15 Å². The van der Waals surface area contributed by atoms with Crippen LogP contribution in [0.1, 0.15) is 14.2 Å². The molecule has 1 saturated heterocycles. The number of hydrogen-bond acceptors (Lipinski definition) is 1. The second-order valence-corrected chi connectivity index (χ2v) is 1.77. The molecule has 1 aliphatic heterocycles. The molecule has 0 bridgehead atoms. The number of piperidine rings is 1. The molecule has 0 aliphatic carbocycles. The van der Waals surface area contributed by atoms with Gasteiger partial charge in [-0.2, -0.15) is 0 Å². The van der Waals surface area contributed by atoms with E-state index in [1.54, 1.807) is 0 Å². The minimum Gasteiger partial charge on any atom is -0.317 e. The molecule has 0 radical (unpaired) electrons. The summed E-state index contributed by atoms with van der Waals surface area (Å²) in [4.78, 5) is 0. The Kier molecular flexibility index (Phi) is 1.24. The predicted octanol–water partition coefficient (Wildman–Crippen LogP) is 0.708. The van der Waals surface area contributed by atoms with Crippen molar-refractivity contribution in [1.29, 1.82) is 0 Å². The third-order valence-corrected chi connectivity index (χ3v) is 1.15. The summed E-state index contributed by atoms with van der Waals surface area (Å²) in [5.74, 6) is 0. The van der Waals surface area contributed by atoms with Crippen LogP contribution in [0.4, 0.5) is 4.39 Å². The maximum absolute atomic E-state index is 12.5. The highest BCUT2D eigenvalue weighted by atomic mass is 19.1. The van der Waals surface area contributed by atoms with Crippen molar-refractivity contribution < 1.29 is 5.76 Å². The lowest BCUT2D eigenvalue weighted by atomic mass is 10.1. The summed E-state index contributed by atoms with van der Waals surface area (Å²) in [6.07, 6.45) is -0.953. The molecule has 1 aliphatic rings. The van der Waals surface area contributed by atoms with Crippen molar-refractivity contribution >= 4 is 0 Å². The Labute approximate surface area is 44.3 Å². The van der Waals surface area contributed by atoms with Crippen molar-refractivity contribution in [2.24, 2.45) is 0 Å². The molecule has 0 aromatic carbocycles. The number of hydrogen-bond donors (Lipinski definition) is 1. The molecule has 0 spiro atoms. The van der Waals surface area contributed by atoms with Gasteiger partial charge in [-0.3, -0.25) is 0 Å². The third-order valence-electron chi connectivity index (χ3n) is 1.15. The molecule has 0 unspecified atom stereocenters. The van der Waals surface area contributed by atoms with Gasteiger partial charge < -0.3 is 5.32 Å². The van der Waals surface area contributed by atoms with Gasteiger partial charge in [0.2, 0.25) is 0 Å². The van der Waals surface area contributed by atoms with Crippen LogP contribution in [0.25, 0.3) is 0 Å². The van der Waals surface area contributed by atoms with E-state index in [9.17, 15) is 4.39 Å². The van der Waals surface area contributed by atoms with Crippen molar-refractivity contribution in [2.75, 3.05) is 13.1 Å². The van der Waals surface area contributed by atoms with E-state index in [1.165, 1.54) is 0 Å². The maximum atomic E-state index is 12.5. The molecule has 7 heavy (non-hydrogen) atoms. The van der Waals surface area contributed by atoms with Gasteiger partial charge in [0.05, 0.1) is 1.37 Å². The first-order chi connectivity index (χ1) is 3.71. The highest BCUT2D eigenvalue weighted by molar-refractivity contribution is 4.65. The van der Waals surface area contributed by atoms with E-state index in [4.69, 9.17) is 1.37 Å². The minimum atomic E-state index is -1.63. The lowest BCUT2D eigenvalue weighted by Gasteiger charge is -2.14. The molecule has 0 amide bonds. The van der Waals surface area contributed by atoms with E-state index in [-0.39, 0.29) is 0 Å². The molecule has 0 aromatic heterocycles. The Morgan fingerprint density at radius 1 is 1.57 bits per heavy atom. The summed E-state index contributed by atoms with van der Waals surface area (Å²) in [6.45, 7) is 1.31. The van der Waals surface area contributed by atoms with Crippen molar-refractivity contribution in [3.63, 3.8) is 0 Å². The van der Waals surface area contributed by atoms with Crippen molar-refractivity contribution in [1.82, 2.24) is 5.32 Å². The summed E-state index contributed by atoms with van der Waals surface area (Å²) in [6, 6.07) is 0. The van der Waals surface area contributed by atoms with Crippen LogP contribution in [0.2, 0.25) is 0 Å². The van der Waals surface area contributed by atoms with Gasteiger partial charge in [0, 0.05) is 0 Å². The molecule has 42 valence electrons. The SMILES string of the molecule is [2H]C1(F)CCNCC1. The van der Waals surface area contributed by atoms with Crippen LogP contribution in [0.3, 0.4) is 0 Å². The van der Waals surface area contributed by atoms with Gasteiger partial charge in [0.1, 0.15) is 6.15 Å². The molecule has 0 saturated carbocycles. The zero-order valence-corrected chi connectivity index (χ0v) is 4.21. The van der Waals surface area contributed by atoms with Crippen LogP contribution in [0.5, 0.6) is 0 Å². The molecular weight excluding hydrogens is 93.1 g/mol. The monoisotopic (exact) mass is 104 g/mol. The fraction of sp³-hybridized carbons (Fsp3) is 1.00. The van der Waals surface area contributed by atoms with Crippen LogP contribution in [0, 0.1) is 0 Å². The molecule has 1 rings (SSSR count). The quantitative estimate of drug-likeness (QED) is 0.477. The Balaban J connectivity index is 2.33. The molecule has 0 aromatic rings. The molecule has 2 heteroatoms. The van der Waals surface area contributed by atoms with E-state index in [0.717, 1.165) is 0 Å². The molecular formula is C5H10FN. The third kappa shape index (κ3) is 1.43. The number of nitrogens with one attached hydrogen (secondary N) is 1. The van der Waals surface area contributed by atoms with E-state index >= 15 is 0 Å². The zero-order chi connectivity index (χ0) is 6.04. The topological polar surface area (TPSA) is 12.0 Å². The van der Waals surface area contributed by atoms with Crippen LogP contribution in [-0.2, 0) is 0 Å². The van der Waals surface area contributed by atoms with Gasteiger partial charge in [-0.1, -0.05) is 0 Å².